The van der Waals surface area contributed by atoms with Crippen molar-refractivity contribution in [3.8, 4) is 0 Å². The van der Waals surface area contributed by atoms with E-state index in [1.807, 2.05) is 19.2 Å². The molecule has 3 unspecified atom stereocenters. The third-order valence-electron chi connectivity index (χ3n) is 4.07. The topological polar surface area (TPSA) is 45.4 Å². The van der Waals surface area contributed by atoms with Crippen molar-refractivity contribution in [1.29, 1.82) is 0 Å². The fourth-order valence-corrected chi connectivity index (χ4v) is 2.80. The van der Waals surface area contributed by atoms with Crippen LogP contribution < -0.4 is 10.6 Å². The molecule has 1 aliphatic rings. The Kier molecular flexibility index (Phi) is 4.42. The van der Waals surface area contributed by atoms with Crippen molar-refractivity contribution in [2.75, 3.05) is 25.0 Å². The van der Waals surface area contributed by atoms with Crippen molar-refractivity contribution in [3.05, 3.63) is 23.9 Å². The van der Waals surface area contributed by atoms with Gasteiger partial charge in [-0.2, -0.15) is 0 Å². The van der Waals surface area contributed by atoms with Gasteiger partial charge in [0.15, 0.2) is 0 Å². The fraction of sp³-hybridized carbons (Fsp3) is 0.667. The van der Waals surface area contributed by atoms with E-state index >= 15 is 0 Å². The molecule has 1 saturated heterocycles. The third-order valence-corrected chi connectivity index (χ3v) is 4.07. The molecule has 0 saturated carbocycles. The molecular weight excluding hydrogens is 236 g/mol. The number of aromatic nitrogens is 1. The summed E-state index contributed by atoms with van der Waals surface area (Å²) in [6, 6.07) is 5.43. The van der Waals surface area contributed by atoms with Gasteiger partial charge in [0.25, 0.3) is 0 Å². The first-order valence-corrected chi connectivity index (χ1v) is 7.15. The average molecular weight is 262 g/mol. The minimum absolute atomic E-state index is 0.172. The van der Waals surface area contributed by atoms with Crippen LogP contribution in [0.1, 0.15) is 26.3 Å². The number of pyridine rings is 1. The van der Waals surface area contributed by atoms with Crippen molar-refractivity contribution in [2.24, 2.45) is 5.73 Å². The standard InChI is InChI=1S/C15H26N4/c1-11(16)8-14-6-5-7-17-15(14)19-9-12(2)18(4)13(3)10-19/h5-7,11-13H,8-10,16H2,1-4H3. The number of hydrogen-bond acceptors (Lipinski definition) is 4. The maximum Gasteiger partial charge on any atom is 0.131 e. The van der Waals surface area contributed by atoms with Gasteiger partial charge in [0, 0.05) is 37.4 Å². The van der Waals surface area contributed by atoms with Crippen LogP contribution in [0.25, 0.3) is 0 Å². The van der Waals surface area contributed by atoms with Crippen LogP contribution in [-0.2, 0) is 6.42 Å². The zero-order valence-corrected chi connectivity index (χ0v) is 12.5. The molecule has 1 aromatic rings. The molecule has 1 fully saturated rings. The molecule has 4 heteroatoms. The van der Waals surface area contributed by atoms with E-state index in [9.17, 15) is 0 Å². The molecule has 0 amide bonds. The van der Waals surface area contributed by atoms with Crippen LogP contribution in [0.4, 0.5) is 5.82 Å². The number of anilines is 1. The number of nitrogens with zero attached hydrogens (tertiary/aromatic N) is 3. The van der Waals surface area contributed by atoms with E-state index in [0.29, 0.717) is 12.1 Å². The maximum atomic E-state index is 5.94. The van der Waals surface area contributed by atoms with E-state index in [4.69, 9.17) is 5.73 Å². The molecule has 4 nitrogen and oxygen atoms in total. The summed E-state index contributed by atoms with van der Waals surface area (Å²) in [5.74, 6) is 1.12. The van der Waals surface area contributed by atoms with Crippen LogP contribution >= 0.6 is 0 Å². The second-order valence-electron chi connectivity index (χ2n) is 5.94. The molecule has 0 aromatic carbocycles. The minimum atomic E-state index is 0.172. The molecule has 0 aliphatic carbocycles. The molecule has 0 radical (unpaired) electrons. The summed E-state index contributed by atoms with van der Waals surface area (Å²) >= 11 is 0. The number of nitrogens with two attached hydrogens (primary N) is 1. The number of piperazine rings is 1. The van der Waals surface area contributed by atoms with E-state index in [-0.39, 0.29) is 6.04 Å². The minimum Gasteiger partial charge on any atom is -0.353 e. The summed E-state index contributed by atoms with van der Waals surface area (Å²) in [7, 11) is 2.20. The molecule has 0 spiro atoms. The zero-order chi connectivity index (χ0) is 14.0. The normalized spacial score (nSPS) is 26.5. The first-order valence-electron chi connectivity index (χ1n) is 7.15. The Morgan fingerprint density at radius 1 is 1.37 bits per heavy atom. The van der Waals surface area contributed by atoms with Crippen molar-refractivity contribution >= 4 is 5.82 Å². The summed E-state index contributed by atoms with van der Waals surface area (Å²) < 4.78 is 0. The van der Waals surface area contributed by atoms with Gasteiger partial charge < -0.3 is 10.6 Å². The van der Waals surface area contributed by atoms with Crippen molar-refractivity contribution in [1.82, 2.24) is 9.88 Å². The monoisotopic (exact) mass is 262 g/mol. The number of rotatable bonds is 3. The predicted molar refractivity (Wildman–Crippen MR) is 80.5 cm³/mol. The van der Waals surface area contributed by atoms with Crippen molar-refractivity contribution in [2.45, 2.75) is 45.3 Å². The fourth-order valence-electron chi connectivity index (χ4n) is 2.80. The van der Waals surface area contributed by atoms with Crippen molar-refractivity contribution in [3.63, 3.8) is 0 Å². The Hall–Kier alpha value is -1.13. The molecular formula is C15H26N4. The summed E-state index contributed by atoms with van der Waals surface area (Å²) in [6.45, 7) is 8.66. The Balaban J connectivity index is 2.22. The lowest BCUT2D eigenvalue weighted by Gasteiger charge is -2.43. The Bertz CT molecular complexity index is 406. The van der Waals surface area contributed by atoms with Gasteiger partial charge in [-0.3, -0.25) is 4.90 Å². The van der Waals surface area contributed by atoms with Crippen LogP contribution in [0, 0.1) is 0 Å². The van der Waals surface area contributed by atoms with E-state index in [1.165, 1.54) is 5.56 Å². The Labute approximate surface area is 116 Å². The van der Waals surface area contributed by atoms with Gasteiger partial charge in [-0.15, -0.1) is 0 Å². The highest BCUT2D eigenvalue weighted by atomic mass is 15.3. The van der Waals surface area contributed by atoms with E-state index in [0.717, 1.165) is 25.3 Å². The molecule has 0 bridgehead atoms. The van der Waals surface area contributed by atoms with Gasteiger partial charge in [0.05, 0.1) is 0 Å². The van der Waals surface area contributed by atoms with Gasteiger partial charge in [0.1, 0.15) is 5.82 Å². The molecule has 19 heavy (non-hydrogen) atoms. The molecule has 2 N–H and O–H groups in total. The number of hydrogen-bond donors (Lipinski definition) is 1. The van der Waals surface area contributed by atoms with E-state index in [2.05, 4.69) is 41.7 Å². The van der Waals surface area contributed by atoms with Gasteiger partial charge >= 0.3 is 0 Å². The quantitative estimate of drug-likeness (QED) is 0.896. The lowest BCUT2D eigenvalue weighted by Crippen LogP contribution is -2.55. The van der Waals surface area contributed by atoms with E-state index < -0.39 is 0 Å². The molecule has 1 aliphatic heterocycles. The van der Waals surface area contributed by atoms with Gasteiger partial charge in [-0.1, -0.05) is 6.07 Å². The smallest absolute Gasteiger partial charge is 0.131 e. The Morgan fingerprint density at radius 2 is 2.00 bits per heavy atom. The second-order valence-corrected chi connectivity index (χ2v) is 5.94. The highest BCUT2D eigenvalue weighted by molar-refractivity contribution is 5.48. The largest absolute Gasteiger partial charge is 0.353 e. The molecule has 106 valence electrons. The molecule has 1 aromatic heterocycles. The summed E-state index contributed by atoms with van der Waals surface area (Å²) in [4.78, 5) is 9.45. The summed E-state index contributed by atoms with van der Waals surface area (Å²) in [5, 5.41) is 0. The molecule has 2 heterocycles. The van der Waals surface area contributed by atoms with Crippen LogP contribution in [0.5, 0.6) is 0 Å². The van der Waals surface area contributed by atoms with Crippen LogP contribution in [0.2, 0.25) is 0 Å². The van der Waals surface area contributed by atoms with Gasteiger partial charge in [-0.05, 0) is 45.9 Å². The average Bonchev–Trinajstić information content (AvgIpc) is 2.35. The molecule has 2 rings (SSSR count). The highest BCUT2D eigenvalue weighted by Gasteiger charge is 2.28. The van der Waals surface area contributed by atoms with Gasteiger partial charge in [-0.25, -0.2) is 4.98 Å². The van der Waals surface area contributed by atoms with Crippen LogP contribution in [0.3, 0.4) is 0 Å². The first-order chi connectivity index (χ1) is 8.99. The second kappa shape index (κ2) is 5.88. The first kappa shape index (κ1) is 14.3. The summed E-state index contributed by atoms with van der Waals surface area (Å²) in [6.07, 6.45) is 2.77. The van der Waals surface area contributed by atoms with Crippen LogP contribution in [0.15, 0.2) is 18.3 Å². The maximum absolute atomic E-state index is 5.94. The predicted octanol–water partition coefficient (Wildman–Crippen LogP) is 1.50. The summed E-state index contributed by atoms with van der Waals surface area (Å²) in [5.41, 5.74) is 7.21. The Morgan fingerprint density at radius 3 is 2.58 bits per heavy atom. The number of likely N-dealkylation sites (N-methyl/N-ethyl adjacent to an activating group) is 1. The third kappa shape index (κ3) is 3.25. The van der Waals surface area contributed by atoms with Gasteiger partial charge in [0.2, 0.25) is 0 Å². The molecule has 3 atom stereocenters. The highest BCUT2D eigenvalue weighted by Crippen LogP contribution is 2.23. The van der Waals surface area contributed by atoms with Crippen molar-refractivity contribution < 1.29 is 0 Å². The zero-order valence-electron chi connectivity index (χ0n) is 12.5. The van der Waals surface area contributed by atoms with E-state index in [1.54, 1.807) is 0 Å². The SMILES string of the molecule is CC(N)Cc1cccnc1N1CC(C)N(C)C(C)C1. The lowest BCUT2D eigenvalue weighted by molar-refractivity contribution is 0.169. The van der Waals surface area contributed by atoms with Crippen LogP contribution in [-0.4, -0.2) is 48.1 Å². The lowest BCUT2D eigenvalue weighted by atomic mass is 10.1.